The molecule has 2 amide bonds. The van der Waals surface area contributed by atoms with Crippen molar-refractivity contribution in [3.8, 4) is 0 Å². The number of carbonyl (C=O) groups is 4. The van der Waals surface area contributed by atoms with Crippen molar-refractivity contribution < 1.29 is 29.0 Å². The number of alkyl halides is 1. The van der Waals surface area contributed by atoms with E-state index in [0.29, 0.717) is 0 Å². The van der Waals surface area contributed by atoms with E-state index in [1.165, 1.54) is 0 Å². The van der Waals surface area contributed by atoms with Crippen molar-refractivity contribution in [2.45, 2.75) is 25.5 Å². The minimum Gasteiger partial charge on any atom is -0.480 e. The Morgan fingerprint density at radius 2 is 1.84 bits per heavy atom. The predicted octanol–water partition coefficient (Wildman–Crippen LogP) is 1.23. The molecule has 0 fully saturated rings. The van der Waals surface area contributed by atoms with E-state index in [2.05, 4.69) is 26.6 Å². The van der Waals surface area contributed by atoms with Crippen molar-refractivity contribution in [1.82, 2.24) is 10.6 Å². The molecule has 0 saturated heterocycles. The third kappa shape index (κ3) is 8.85. The van der Waals surface area contributed by atoms with Crippen LogP contribution in [0, 0.1) is 0 Å². The first-order valence-corrected chi connectivity index (χ1v) is 8.59. The Labute approximate surface area is 153 Å². The summed E-state index contributed by atoms with van der Waals surface area (Å²) < 4.78 is 4.93. The zero-order valence-corrected chi connectivity index (χ0v) is 15.0. The van der Waals surface area contributed by atoms with Crippen molar-refractivity contribution >= 4 is 39.7 Å². The second-order valence-corrected chi connectivity index (χ2v) is 5.65. The van der Waals surface area contributed by atoms with Crippen LogP contribution in [-0.2, 0) is 25.7 Å². The number of ether oxygens (including phenoxy) is 1. The van der Waals surface area contributed by atoms with E-state index in [0.717, 1.165) is 5.56 Å². The summed E-state index contributed by atoms with van der Waals surface area (Å²) in [4.78, 5) is 45.5. The maximum Gasteiger partial charge on any atom is 0.407 e. The molecule has 25 heavy (non-hydrogen) atoms. The van der Waals surface area contributed by atoms with Gasteiger partial charge in [0, 0.05) is 6.42 Å². The Kier molecular flexibility index (Phi) is 9.23. The van der Waals surface area contributed by atoms with Gasteiger partial charge in [-0.3, -0.25) is 9.59 Å². The number of carboxylic acids is 1. The molecule has 1 aromatic carbocycles. The highest BCUT2D eigenvalue weighted by Crippen LogP contribution is 2.02. The second-order valence-electron chi connectivity index (χ2n) is 5.08. The molecule has 0 aliphatic heterocycles. The molecule has 0 aromatic heterocycles. The summed E-state index contributed by atoms with van der Waals surface area (Å²) in [6.45, 7) is -0.371. The van der Waals surface area contributed by atoms with Gasteiger partial charge in [0.15, 0.2) is 0 Å². The van der Waals surface area contributed by atoms with Crippen molar-refractivity contribution in [3.05, 3.63) is 35.9 Å². The molecule has 0 heterocycles. The van der Waals surface area contributed by atoms with Gasteiger partial charge < -0.3 is 20.5 Å². The lowest BCUT2D eigenvalue weighted by atomic mass is 10.1. The normalized spacial score (nSPS) is 11.2. The molecule has 0 spiro atoms. The molecule has 0 bridgehead atoms. The molecule has 9 heteroatoms. The number of hydrogen-bond donors (Lipinski definition) is 3. The molecule has 1 aromatic rings. The number of carboxylic acid groups (broad SMARTS) is 1. The monoisotopic (exact) mass is 414 g/mol. The second kappa shape index (κ2) is 11.2. The van der Waals surface area contributed by atoms with E-state index in [1.807, 2.05) is 6.07 Å². The highest BCUT2D eigenvalue weighted by Gasteiger charge is 2.21. The van der Waals surface area contributed by atoms with Crippen LogP contribution in [0.5, 0.6) is 0 Å². The van der Waals surface area contributed by atoms with Gasteiger partial charge in [-0.25, -0.2) is 9.59 Å². The summed E-state index contributed by atoms with van der Waals surface area (Å²) in [6.07, 6.45) is -0.792. The largest absolute Gasteiger partial charge is 0.480 e. The molecule has 1 unspecified atom stereocenters. The molecule has 0 radical (unpaired) electrons. The molecule has 0 aliphatic carbocycles. The van der Waals surface area contributed by atoms with E-state index in [4.69, 9.17) is 9.84 Å². The predicted molar refractivity (Wildman–Crippen MR) is 92.2 cm³/mol. The van der Waals surface area contributed by atoms with Crippen molar-refractivity contribution in [2.24, 2.45) is 0 Å². The van der Waals surface area contributed by atoms with Crippen LogP contribution < -0.4 is 10.6 Å². The summed E-state index contributed by atoms with van der Waals surface area (Å²) in [5, 5.41) is 13.7. The topological polar surface area (TPSA) is 122 Å². The number of halogens is 1. The number of hydrogen-bond acceptors (Lipinski definition) is 5. The molecule has 0 saturated carbocycles. The molecule has 1 atom stereocenters. The third-order valence-corrected chi connectivity index (χ3v) is 3.73. The lowest BCUT2D eigenvalue weighted by molar-refractivity contribution is -0.142. The maximum atomic E-state index is 11.7. The third-order valence-electron chi connectivity index (χ3n) is 3.10. The number of carbonyl (C=O) groups excluding carboxylic acids is 3. The Hall–Kier alpha value is -2.42. The van der Waals surface area contributed by atoms with Crippen LogP contribution in [-0.4, -0.2) is 46.8 Å². The van der Waals surface area contributed by atoms with Gasteiger partial charge >= 0.3 is 12.1 Å². The zero-order chi connectivity index (χ0) is 18.7. The van der Waals surface area contributed by atoms with Crippen LogP contribution >= 0.6 is 15.9 Å². The van der Waals surface area contributed by atoms with Crippen LogP contribution in [0.15, 0.2) is 30.3 Å². The number of nitrogens with one attached hydrogen (secondary N) is 2. The quantitative estimate of drug-likeness (QED) is 0.494. The first kappa shape index (κ1) is 20.6. The summed E-state index contributed by atoms with van der Waals surface area (Å²) in [5.74, 6) is -2.10. The number of aliphatic carboxylic acids is 1. The fourth-order valence-corrected chi connectivity index (χ4v) is 2.08. The van der Waals surface area contributed by atoms with E-state index in [-0.39, 0.29) is 30.6 Å². The highest BCUT2D eigenvalue weighted by atomic mass is 79.9. The summed E-state index contributed by atoms with van der Waals surface area (Å²) in [5.41, 5.74) is 0.796. The molecule has 1 rings (SSSR count). The number of benzene rings is 1. The first-order valence-electron chi connectivity index (χ1n) is 7.46. The van der Waals surface area contributed by atoms with E-state index < -0.39 is 30.6 Å². The maximum absolute atomic E-state index is 11.7. The van der Waals surface area contributed by atoms with Crippen molar-refractivity contribution in [2.75, 3.05) is 11.9 Å². The fourth-order valence-electron chi connectivity index (χ4n) is 1.80. The molecule has 3 N–H and O–H groups in total. The number of Topliss-reactive ketones (excluding diaryl/α,β-unsaturated/α-hetero) is 1. The highest BCUT2D eigenvalue weighted by molar-refractivity contribution is 9.09. The van der Waals surface area contributed by atoms with Crippen molar-refractivity contribution in [3.63, 3.8) is 0 Å². The lowest BCUT2D eigenvalue weighted by Crippen LogP contribution is -2.45. The lowest BCUT2D eigenvalue weighted by Gasteiger charge is -2.14. The Balaban J connectivity index is 2.32. The van der Waals surface area contributed by atoms with Gasteiger partial charge in [0.1, 0.15) is 25.0 Å². The van der Waals surface area contributed by atoms with E-state index in [9.17, 15) is 19.2 Å². The number of rotatable bonds is 10. The van der Waals surface area contributed by atoms with Gasteiger partial charge in [0.2, 0.25) is 5.91 Å². The summed E-state index contributed by atoms with van der Waals surface area (Å²) in [7, 11) is 0. The van der Waals surface area contributed by atoms with Gasteiger partial charge in [-0.05, 0) is 12.0 Å². The molecule has 8 nitrogen and oxygen atoms in total. The van der Waals surface area contributed by atoms with Crippen LogP contribution in [0.1, 0.15) is 18.4 Å². The smallest absolute Gasteiger partial charge is 0.407 e. The van der Waals surface area contributed by atoms with E-state index in [1.54, 1.807) is 24.3 Å². The van der Waals surface area contributed by atoms with Crippen LogP contribution in [0.2, 0.25) is 0 Å². The molecular formula is C16H19BrN2O6. The molecule has 136 valence electrons. The Bertz CT molecular complexity index is 608. The van der Waals surface area contributed by atoms with Gasteiger partial charge in [0.25, 0.3) is 0 Å². The van der Waals surface area contributed by atoms with Crippen LogP contribution in [0.4, 0.5) is 4.79 Å². The van der Waals surface area contributed by atoms with Gasteiger partial charge in [-0.2, -0.15) is 0 Å². The molecule has 0 aliphatic rings. The summed E-state index contributed by atoms with van der Waals surface area (Å²) >= 11 is 2.98. The van der Waals surface area contributed by atoms with Gasteiger partial charge in [-0.15, -0.1) is 0 Å². The van der Waals surface area contributed by atoms with Crippen LogP contribution in [0.3, 0.4) is 0 Å². The minimum absolute atomic E-state index is 0.0229. The van der Waals surface area contributed by atoms with Gasteiger partial charge in [0.05, 0.1) is 5.33 Å². The zero-order valence-electron chi connectivity index (χ0n) is 13.4. The standard InChI is InChI=1S/C16H19BrN2O6/c17-8-12(20)6-7-13(15(22)23)19-14(21)9-18-16(24)25-10-11-4-2-1-3-5-11/h1-5,13H,6-10H2,(H,18,24)(H,19,21)(H,22,23). The van der Waals surface area contributed by atoms with Crippen LogP contribution in [0.25, 0.3) is 0 Å². The number of ketones is 1. The Morgan fingerprint density at radius 3 is 2.44 bits per heavy atom. The SMILES string of the molecule is O=C(CBr)CCC(NC(=O)CNC(=O)OCc1ccccc1)C(=O)O. The van der Waals surface area contributed by atoms with Crippen molar-refractivity contribution in [1.29, 1.82) is 0 Å². The summed E-state index contributed by atoms with van der Waals surface area (Å²) in [6, 6.07) is 7.81. The molecular weight excluding hydrogens is 396 g/mol. The van der Waals surface area contributed by atoms with E-state index >= 15 is 0 Å². The van der Waals surface area contributed by atoms with Gasteiger partial charge in [-0.1, -0.05) is 46.3 Å². The average molecular weight is 415 g/mol. The minimum atomic E-state index is -1.25. The fraction of sp³-hybridized carbons (Fsp3) is 0.375. The number of amides is 2. The Morgan fingerprint density at radius 1 is 1.16 bits per heavy atom. The average Bonchev–Trinajstić information content (AvgIpc) is 2.61. The first-order chi connectivity index (χ1) is 11.9. The number of alkyl carbamates (subject to hydrolysis) is 1.